The van der Waals surface area contributed by atoms with Gasteiger partial charge in [0.05, 0.1) is 6.54 Å². The highest BCUT2D eigenvalue weighted by Gasteiger charge is 2.20. The zero-order valence-electron chi connectivity index (χ0n) is 13.3. The molecule has 1 rings (SSSR count). The first-order valence-corrected chi connectivity index (χ1v) is 7.52. The number of nitrogens with one attached hydrogen (secondary N) is 1. The molecule has 0 bridgehead atoms. The summed E-state index contributed by atoms with van der Waals surface area (Å²) in [6.45, 7) is 16.5. The summed E-state index contributed by atoms with van der Waals surface area (Å²) in [7, 11) is 0. The van der Waals surface area contributed by atoms with E-state index in [-0.39, 0.29) is 11.4 Å². The SMILES string of the molecule is CC(C)CCN1CCN(CC(=O)NC(C)(C)C)CC1. The molecule has 0 aliphatic carbocycles. The normalized spacial score (nSPS) is 18.8. The largest absolute Gasteiger partial charge is 0.350 e. The van der Waals surface area contributed by atoms with Crippen LogP contribution in [0.25, 0.3) is 0 Å². The van der Waals surface area contributed by atoms with Gasteiger partial charge >= 0.3 is 0 Å². The molecule has 1 aliphatic heterocycles. The second kappa shape index (κ2) is 7.25. The number of carbonyl (C=O) groups is 1. The Morgan fingerprint density at radius 2 is 1.63 bits per heavy atom. The van der Waals surface area contributed by atoms with Crippen LogP contribution in [0, 0.1) is 5.92 Å². The van der Waals surface area contributed by atoms with Crippen molar-refractivity contribution in [1.29, 1.82) is 0 Å². The highest BCUT2D eigenvalue weighted by Crippen LogP contribution is 2.06. The third-order valence-electron chi connectivity index (χ3n) is 3.37. The van der Waals surface area contributed by atoms with Crippen LogP contribution in [0.4, 0.5) is 0 Å². The molecule has 1 fully saturated rings. The molecule has 0 unspecified atom stereocenters. The van der Waals surface area contributed by atoms with Gasteiger partial charge in [-0.1, -0.05) is 13.8 Å². The maximum absolute atomic E-state index is 11.9. The van der Waals surface area contributed by atoms with Crippen molar-refractivity contribution in [3.8, 4) is 0 Å². The molecule has 0 atom stereocenters. The Labute approximate surface area is 118 Å². The summed E-state index contributed by atoms with van der Waals surface area (Å²) in [5.41, 5.74) is -0.129. The number of nitrogens with zero attached hydrogens (tertiary/aromatic N) is 2. The molecule has 112 valence electrons. The fourth-order valence-electron chi connectivity index (χ4n) is 2.27. The van der Waals surface area contributed by atoms with Crippen LogP contribution in [0.3, 0.4) is 0 Å². The van der Waals surface area contributed by atoms with E-state index in [9.17, 15) is 4.79 Å². The van der Waals surface area contributed by atoms with Crippen molar-refractivity contribution in [2.45, 2.75) is 46.6 Å². The molecule has 1 N–H and O–H groups in total. The van der Waals surface area contributed by atoms with Crippen LogP contribution in [0.5, 0.6) is 0 Å². The number of rotatable bonds is 5. The van der Waals surface area contributed by atoms with Crippen molar-refractivity contribution in [1.82, 2.24) is 15.1 Å². The number of hydrogen-bond acceptors (Lipinski definition) is 3. The lowest BCUT2D eigenvalue weighted by Gasteiger charge is -2.35. The van der Waals surface area contributed by atoms with Gasteiger partial charge in [0.15, 0.2) is 0 Å². The number of piperazine rings is 1. The van der Waals surface area contributed by atoms with Crippen LogP contribution in [-0.2, 0) is 4.79 Å². The zero-order valence-corrected chi connectivity index (χ0v) is 13.3. The molecule has 0 radical (unpaired) electrons. The van der Waals surface area contributed by atoms with Crippen LogP contribution in [0.15, 0.2) is 0 Å². The van der Waals surface area contributed by atoms with Gasteiger partial charge in [0.2, 0.25) is 5.91 Å². The lowest BCUT2D eigenvalue weighted by molar-refractivity contribution is -0.124. The Bertz CT molecular complexity index is 276. The van der Waals surface area contributed by atoms with Crippen molar-refractivity contribution >= 4 is 5.91 Å². The van der Waals surface area contributed by atoms with Gasteiger partial charge in [-0.05, 0) is 39.7 Å². The summed E-state index contributed by atoms with van der Waals surface area (Å²) >= 11 is 0. The third kappa shape index (κ3) is 7.53. The van der Waals surface area contributed by atoms with Crippen molar-refractivity contribution in [2.24, 2.45) is 5.92 Å². The molecule has 1 amide bonds. The monoisotopic (exact) mass is 269 g/mol. The summed E-state index contributed by atoms with van der Waals surface area (Å²) in [4.78, 5) is 16.6. The Hall–Kier alpha value is -0.610. The Balaban J connectivity index is 2.21. The molecule has 0 aromatic carbocycles. The summed E-state index contributed by atoms with van der Waals surface area (Å²) in [5.74, 6) is 0.915. The van der Waals surface area contributed by atoms with Crippen molar-refractivity contribution in [3.05, 3.63) is 0 Å². The highest BCUT2D eigenvalue weighted by molar-refractivity contribution is 5.78. The molecule has 0 saturated carbocycles. The Morgan fingerprint density at radius 3 is 2.11 bits per heavy atom. The third-order valence-corrected chi connectivity index (χ3v) is 3.37. The molecule has 4 nitrogen and oxygen atoms in total. The van der Waals surface area contributed by atoms with Crippen LogP contribution >= 0.6 is 0 Å². The van der Waals surface area contributed by atoms with Crippen LogP contribution in [-0.4, -0.2) is 60.5 Å². The van der Waals surface area contributed by atoms with Gasteiger partial charge in [-0.3, -0.25) is 9.69 Å². The van der Waals surface area contributed by atoms with E-state index in [1.54, 1.807) is 0 Å². The molecular formula is C15H31N3O. The molecule has 19 heavy (non-hydrogen) atoms. The van der Waals surface area contributed by atoms with Crippen LogP contribution < -0.4 is 5.32 Å². The van der Waals surface area contributed by atoms with E-state index >= 15 is 0 Å². The minimum atomic E-state index is -0.129. The first kappa shape index (κ1) is 16.4. The fraction of sp³-hybridized carbons (Fsp3) is 0.933. The summed E-state index contributed by atoms with van der Waals surface area (Å²) in [6.07, 6.45) is 1.27. The standard InChI is InChI=1S/C15H31N3O/c1-13(2)6-7-17-8-10-18(11-9-17)12-14(19)16-15(3,4)5/h13H,6-12H2,1-5H3,(H,16,19). The lowest BCUT2D eigenvalue weighted by atomic mass is 10.1. The zero-order chi connectivity index (χ0) is 14.5. The number of hydrogen-bond donors (Lipinski definition) is 1. The van der Waals surface area contributed by atoms with E-state index < -0.39 is 0 Å². The first-order valence-electron chi connectivity index (χ1n) is 7.52. The van der Waals surface area contributed by atoms with Gasteiger partial charge in [0, 0.05) is 31.7 Å². The maximum atomic E-state index is 11.9. The van der Waals surface area contributed by atoms with E-state index in [4.69, 9.17) is 0 Å². The first-order chi connectivity index (χ1) is 8.76. The van der Waals surface area contributed by atoms with Crippen LogP contribution in [0.2, 0.25) is 0 Å². The maximum Gasteiger partial charge on any atom is 0.234 e. The summed E-state index contributed by atoms with van der Waals surface area (Å²) in [6, 6.07) is 0. The molecule has 0 spiro atoms. The van der Waals surface area contributed by atoms with Crippen molar-refractivity contribution in [3.63, 3.8) is 0 Å². The molecule has 0 aromatic rings. The van der Waals surface area contributed by atoms with Gasteiger partial charge in [-0.25, -0.2) is 0 Å². The van der Waals surface area contributed by atoms with E-state index in [2.05, 4.69) is 29.0 Å². The average molecular weight is 269 g/mol. The average Bonchev–Trinajstić information content (AvgIpc) is 2.25. The second-order valence-corrected chi connectivity index (χ2v) is 7.10. The predicted molar refractivity (Wildman–Crippen MR) is 80.2 cm³/mol. The molecular weight excluding hydrogens is 238 g/mol. The van der Waals surface area contributed by atoms with Gasteiger partial charge < -0.3 is 10.2 Å². The number of carbonyl (C=O) groups excluding carboxylic acids is 1. The van der Waals surface area contributed by atoms with Crippen LogP contribution in [0.1, 0.15) is 41.0 Å². The molecule has 0 aromatic heterocycles. The molecule has 1 aliphatic rings. The molecule has 1 saturated heterocycles. The molecule has 1 heterocycles. The summed E-state index contributed by atoms with van der Waals surface area (Å²) in [5, 5.41) is 3.02. The minimum Gasteiger partial charge on any atom is -0.350 e. The second-order valence-electron chi connectivity index (χ2n) is 7.10. The van der Waals surface area contributed by atoms with Gasteiger partial charge in [-0.2, -0.15) is 0 Å². The van der Waals surface area contributed by atoms with E-state index in [0.717, 1.165) is 32.1 Å². The van der Waals surface area contributed by atoms with Gasteiger partial charge in [0.1, 0.15) is 0 Å². The quantitative estimate of drug-likeness (QED) is 0.823. The van der Waals surface area contributed by atoms with E-state index in [1.807, 2.05) is 20.8 Å². The Morgan fingerprint density at radius 1 is 1.11 bits per heavy atom. The van der Waals surface area contributed by atoms with Crippen molar-refractivity contribution < 1.29 is 4.79 Å². The summed E-state index contributed by atoms with van der Waals surface area (Å²) < 4.78 is 0. The van der Waals surface area contributed by atoms with Gasteiger partial charge in [0.25, 0.3) is 0 Å². The van der Waals surface area contributed by atoms with Crippen molar-refractivity contribution in [2.75, 3.05) is 39.3 Å². The minimum absolute atomic E-state index is 0.129. The topological polar surface area (TPSA) is 35.6 Å². The highest BCUT2D eigenvalue weighted by atomic mass is 16.2. The smallest absolute Gasteiger partial charge is 0.234 e. The fourth-order valence-corrected chi connectivity index (χ4v) is 2.27. The van der Waals surface area contributed by atoms with E-state index in [1.165, 1.54) is 13.0 Å². The lowest BCUT2D eigenvalue weighted by Crippen LogP contribution is -2.51. The Kier molecular flexibility index (Phi) is 6.27. The van der Waals surface area contributed by atoms with E-state index in [0.29, 0.717) is 6.54 Å². The molecule has 4 heteroatoms. The number of amides is 1. The van der Waals surface area contributed by atoms with Gasteiger partial charge in [-0.15, -0.1) is 0 Å². The predicted octanol–water partition coefficient (Wildman–Crippen LogP) is 1.56.